The Morgan fingerprint density at radius 3 is 2.80 bits per heavy atom. The highest BCUT2D eigenvalue weighted by Crippen LogP contribution is 2.32. The lowest BCUT2D eigenvalue weighted by Gasteiger charge is -2.28. The van der Waals surface area contributed by atoms with E-state index in [0.29, 0.717) is 0 Å². The van der Waals surface area contributed by atoms with Gasteiger partial charge in [0.25, 0.3) is 0 Å². The van der Waals surface area contributed by atoms with Gasteiger partial charge >= 0.3 is 5.97 Å². The summed E-state index contributed by atoms with van der Waals surface area (Å²) in [5.74, 6) is -0.531. The Morgan fingerprint density at radius 1 is 1.30 bits per heavy atom. The molecule has 0 amide bonds. The quantitative estimate of drug-likeness (QED) is 0.900. The van der Waals surface area contributed by atoms with Gasteiger partial charge in [-0.2, -0.15) is 4.37 Å². The molecule has 1 aromatic heterocycles. The molecule has 0 bridgehead atoms. The molecule has 1 atom stereocenters. The molecule has 20 heavy (non-hydrogen) atoms. The summed E-state index contributed by atoms with van der Waals surface area (Å²) in [4.78, 5) is 11.6. The highest BCUT2D eigenvalue weighted by atomic mass is 32.1. The average molecular weight is 290 g/mol. The third-order valence-electron chi connectivity index (χ3n) is 4.06. The minimum Gasteiger partial charge on any atom is -0.480 e. The van der Waals surface area contributed by atoms with Crippen LogP contribution >= 0.6 is 11.5 Å². The van der Waals surface area contributed by atoms with E-state index in [1.807, 2.05) is 24.3 Å². The molecule has 1 aromatic carbocycles. The summed E-state index contributed by atoms with van der Waals surface area (Å²) in [6.45, 7) is 0. The van der Waals surface area contributed by atoms with Gasteiger partial charge in [-0.05, 0) is 42.4 Å². The van der Waals surface area contributed by atoms with Crippen LogP contribution in [0.4, 0.5) is 5.00 Å². The van der Waals surface area contributed by atoms with Gasteiger partial charge in [-0.3, -0.25) is 0 Å². The summed E-state index contributed by atoms with van der Waals surface area (Å²) in [6.07, 6.45) is 5.51. The Kier molecular flexibility index (Phi) is 3.87. The number of nitrogens with one attached hydrogen (secondary N) is 1. The van der Waals surface area contributed by atoms with Crippen molar-refractivity contribution in [3.05, 3.63) is 24.3 Å². The number of nitrogens with zero attached hydrogens (tertiary/aromatic N) is 1. The van der Waals surface area contributed by atoms with Crippen LogP contribution in [-0.2, 0) is 4.79 Å². The molecule has 0 spiro atoms. The summed E-state index contributed by atoms with van der Waals surface area (Å²) >= 11 is 1.35. The van der Waals surface area contributed by atoms with E-state index in [0.717, 1.165) is 41.6 Å². The lowest BCUT2D eigenvalue weighted by molar-refractivity contribution is -0.139. The minimum absolute atomic E-state index is 0.224. The molecule has 2 N–H and O–H groups in total. The molecule has 1 aliphatic rings. The van der Waals surface area contributed by atoms with Crippen LogP contribution < -0.4 is 5.32 Å². The van der Waals surface area contributed by atoms with Gasteiger partial charge in [0.2, 0.25) is 0 Å². The van der Waals surface area contributed by atoms with E-state index in [1.54, 1.807) is 0 Å². The van der Waals surface area contributed by atoms with Crippen LogP contribution in [0.3, 0.4) is 0 Å². The van der Waals surface area contributed by atoms with Crippen molar-refractivity contribution < 1.29 is 9.90 Å². The third kappa shape index (κ3) is 2.63. The smallest absolute Gasteiger partial charge is 0.326 e. The van der Waals surface area contributed by atoms with E-state index in [2.05, 4.69) is 9.69 Å². The zero-order chi connectivity index (χ0) is 13.9. The second kappa shape index (κ2) is 5.79. The maximum absolute atomic E-state index is 11.6. The number of rotatable bonds is 4. The van der Waals surface area contributed by atoms with Gasteiger partial charge in [0.15, 0.2) is 0 Å². The predicted molar refractivity (Wildman–Crippen MR) is 81.2 cm³/mol. The van der Waals surface area contributed by atoms with Crippen molar-refractivity contribution >= 4 is 33.4 Å². The third-order valence-corrected chi connectivity index (χ3v) is 4.87. The molecule has 0 radical (unpaired) electrons. The van der Waals surface area contributed by atoms with Crippen LogP contribution in [0.25, 0.3) is 10.9 Å². The summed E-state index contributed by atoms with van der Waals surface area (Å²) in [5.41, 5.74) is 0.924. The number of carboxylic acids is 1. The topological polar surface area (TPSA) is 62.2 Å². The fraction of sp³-hybridized carbons (Fsp3) is 0.467. The van der Waals surface area contributed by atoms with Crippen LogP contribution in [0.1, 0.15) is 32.1 Å². The standard InChI is InChI=1S/C15H18N2O2S/c18-15(19)13(10-6-2-1-3-7-10)16-14-11-8-4-5-9-12(11)17-20-14/h4-5,8-10,13,16H,1-3,6-7H2,(H,18,19). The molecule has 5 heteroatoms. The van der Waals surface area contributed by atoms with Gasteiger partial charge < -0.3 is 10.4 Å². The molecule has 1 heterocycles. The molecule has 4 nitrogen and oxygen atoms in total. The van der Waals surface area contributed by atoms with Crippen LogP contribution in [0, 0.1) is 5.92 Å². The largest absolute Gasteiger partial charge is 0.480 e. The summed E-state index contributed by atoms with van der Waals surface area (Å²) in [6, 6.07) is 7.34. The SMILES string of the molecule is O=C(O)C(Nc1snc2ccccc12)C1CCCCC1. The number of aliphatic carboxylic acids is 1. The first-order valence-electron chi connectivity index (χ1n) is 7.09. The number of hydrogen-bond acceptors (Lipinski definition) is 4. The van der Waals surface area contributed by atoms with Gasteiger partial charge in [-0.25, -0.2) is 4.79 Å². The van der Waals surface area contributed by atoms with Crippen molar-refractivity contribution in [1.29, 1.82) is 0 Å². The monoisotopic (exact) mass is 290 g/mol. The predicted octanol–water partition coefficient (Wildman–Crippen LogP) is 3.74. The van der Waals surface area contributed by atoms with E-state index in [4.69, 9.17) is 0 Å². The summed E-state index contributed by atoms with van der Waals surface area (Å²) in [7, 11) is 0. The second-order valence-corrected chi connectivity index (χ2v) is 6.16. The molecule has 3 rings (SSSR count). The average Bonchev–Trinajstić information content (AvgIpc) is 2.88. The lowest BCUT2D eigenvalue weighted by Crippen LogP contribution is -2.37. The molecule has 2 aromatic rings. The molecular weight excluding hydrogens is 272 g/mol. The van der Waals surface area contributed by atoms with Gasteiger partial charge in [0, 0.05) is 5.39 Å². The molecule has 0 saturated heterocycles. The normalized spacial score (nSPS) is 18.0. The van der Waals surface area contributed by atoms with Gasteiger partial charge in [-0.1, -0.05) is 31.4 Å². The number of benzene rings is 1. The summed E-state index contributed by atoms with van der Waals surface area (Å²) < 4.78 is 4.36. The first-order valence-corrected chi connectivity index (χ1v) is 7.87. The minimum atomic E-state index is -0.755. The van der Waals surface area contributed by atoms with Crippen LogP contribution in [-0.4, -0.2) is 21.5 Å². The molecular formula is C15H18N2O2S. The van der Waals surface area contributed by atoms with Crippen LogP contribution in [0.2, 0.25) is 0 Å². The zero-order valence-electron chi connectivity index (χ0n) is 11.2. The highest BCUT2D eigenvalue weighted by molar-refractivity contribution is 7.11. The Balaban J connectivity index is 1.84. The van der Waals surface area contributed by atoms with Gasteiger partial charge in [0.1, 0.15) is 11.0 Å². The Hall–Kier alpha value is -1.62. The first-order chi connectivity index (χ1) is 9.75. The van der Waals surface area contributed by atoms with Crippen molar-refractivity contribution in [2.75, 3.05) is 5.32 Å². The van der Waals surface area contributed by atoms with E-state index >= 15 is 0 Å². The molecule has 1 aliphatic carbocycles. The number of carboxylic acid groups (broad SMARTS) is 1. The van der Waals surface area contributed by atoms with Crippen LogP contribution in [0.15, 0.2) is 24.3 Å². The van der Waals surface area contributed by atoms with Crippen molar-refractivity contribution in [3.63, 3.8) is 0 Å². The van der Waals surface area contributed by atoms with Crippen LogP contribution in [0.5, 0.6) is 0 Å². The van der Waals surface area contributed by atoms with Crippen molar-refractivity contribution in [1.82, 2.24) is 4.37 Å². The maximum atomic E-state index is 11.6. The number of aromatic nitrogens is 1. The molecule has 106 valence electrons. The molecule has 1 fully saturated rings. The van der Waals surface area contributed by atoms with E-state index < -0.39 is 12.0 Å². The fourth-order valence-electron chi connectivity index (χ4n) is 2.98. The maximum Gasteiger partial charge on any atom is 0.326 e. The lowest BCUT2D eigenvalue weighted by atomic mass is 9.84. The fourth-order valence-corrected chi connectivity index (χ4v) is 3.78. The van der Waals surface area contributed by atoms with Gasteiger partial charge in [0.05, 0.1) is 5.52 Å². The Morgan fingerprint density at radius 2 is 2.05 bits per heavy atom. The Labute approximate surface area is 122 Å². The second-order valence-electron chi connectivity index (χ2n) is 5.39. The number of hydrogen-bond donors (Lipinski definition) is 2. The molecule has 1 saturated carbocycles. The van der Waals surface area contributed by atoms with Crippen molar-refractivity contribution in [3.8, 4) is 0 Å². The highest BCUT2D eigenvalue weighted by Gasteiger charge is 2.30. The molecule has 1 unspecified atom stereocenters. The van der Waals surface area contributed by atoms with Gasteiger partial charge in [-0.15, -0.1) is 0 Å². The van der Waals surface area contributed by atoms with E-state index in [9.17, 15) is 9.90 Å². The summed E-state index contributed by atoms with van der Waals surface area (Å²) in [5, 5.41) is 14.6. The molecule has 0 aliphatic heterocycles. The number of fused-ring (bicyclic) bond motifs is 1. The van der Waals surface area contributed by atoms with E-state index in [1.165, 1.54) is 18.0 Å². The first kappa shape index (κ1) is 13.4. The zero-order valence-corrected chi connectivity index (χ0v) is 12.0. The number of anilines is 1. The number of carbonyl (C=O) groups is 1. The van der Waals surface area contributed by atoms with Crippen molar-refractivity contribution in [2.45, 2.75) is 38.1 Å². The Bertz CT molecular complexity index is 605. The van der Waals surface area contributed by atoms with E-state index in [-0.39, 0.29) is 5.92 Å². The van der Waals surface area contributed by atoms with Crippen molar-refractivity contribution in [2.24, 2.45) is 5.92 Å².